The predicted octanol–water partition coefficient (Wildman–Crippen LogP) is 4.43. The minimum atomic E-state index is -3.75. The second-order valence-electron chi connectivity index (χ2n) is 5.36. The van der Waals surface area contributed by atoms with Crippen LogP contribution in [0.3, 0.4) is 0 Å². The van der Waals surface area contributed by atoms with Gasteiger partial charge in [-0.2, -0.15) is 0 Å². The lowest BCUT2D eigenvalue weighted by molar-refractivity contribution is 0.601. The van der Waals surface area contributed by atoms with Gasteiger partial charge in [0.2, 0.25) is 0 Å². The van der Waals surface area contributed by atoms with Gasteiger partial charge in [-0.05, 0) is 36.8 Å². The minimum absolute atomic E-state index is 0.0426. The molecule has 5 nitrogen and oxygen atoms in total. The summed E-state index contributed by atoms with van der Waals surface area (Å²) in [4.78, 5) is 6.36. The van der Waals surface area contributed by atoms with Gasteiger partial charge in [-0.15, -0.1) is 0 Å². The SMILES string of the molecule is CCCCN(C)c1ccc(NS(=O)(=O)c2ccc(Cl)c(Cl)c2)cn1. The molecule has 0 spiro atoms. The zero-order valence-electron chi connectivity index (χ0n) is 13.5. The Morgan fingerprint density at radius 2 is 1.92 bits per heavy atom. The lowest BCUT2D eigenvalue weighted by Gasteiger charge is -2.18. The number of nitrogens with one attached hydrogen (secondary N) is 1. The number of sulfonamides is 1. The van der Waals surface area contributed by atoms with Crippen molar-refractivity contribution < 1.29 is 8.42 Å². The highest BCUT2D eigenvalue weighted by Crippen LogP contribution is 2.26. The summed E-state index contributed by atoms with van der Waals surface area (Å²) in [6, 6.07) is 7.62. The standard InChI is InChI=1S/C16H19Cl2N3O2S/c1-3-4-9-21(2)16-8-5-12(11-19-16)20-24(22,23)13-6-7-14(17)15(18)10-13/h5-8,10-11,20H,3-4,9H2,1-2H3. The van der Waals surface area contributed by atoms with Crippen LogP contribution in [0.1, 0.15) is 19.8 Å². The highest BCUT2D eigenvalue weighted by atomic mass is 35.5. The maximum Gasteiger partial charge on any atom is 0.261 e. The molecule has 1 aromatic carbocycles. The predicted molar refractivity (Wildman–Crippen MR) is 99.7 cm³/mol. The summed E-state index contributed by atoms with van der Waals surface area (Å²) >= 11 is 11.7. The first-order valence-corrected chi connectivity index (χ1v) is 9.72. The molecule has 2 rings (SSSR count). The van der Waals surface area contributed by atoms with E-state index in [9.17, 15) is 8.42 Å². The third-order valence-corrected chi connectivity index (χ3v) is 5.56. The molecule has 0 saturated heterocycles. The fourth-order valence-corrected chi connectivity index (χ4v) is 3.47. The number of pyridine rings is 1. The first-order valence-electron chi connectivity index (χ1n) is 7.48. The van der Waals surface area contributed by atoms with Gasteiger partial charge in [0.1, 0.15) is 5.82 Å². The van der Waals surface area contributed by atoms with Crippen molar-refractivity contribution in [3.63, 3.8) is 0 Å². The Hall–Kier alpha value is -1.50. The minimum Gasteiger partial charge on any atom is -0.360 e. The summed E-state index contributed by atoms with van der Waals surface area (Å²) < 4.78 is 27.2. The molecule has 2 aromatic rings. The second-order valence-corrected chi connectivity index (χ2v) is 7.86. The Labute approximate surface area is 152 Å². The first kappa shape index (κ1) is 18.8. The number of hydrogen-bond acceptors (Lipinski definition) is 4. The third kappa shape index (κ3) is 4.75. The Bertz CT molecular complexity index is 795. The van der Waals surface area contributed by atoms with E-state index in [0.29, 0.717) is 10.7 Å². The Morgan fingerprint density at radius 1 is 1.17 bits per heavy atom. The molecule has 0 atom stereocenters. The molecule has 1 N–H and O–H groups in total. The lowest BCUT2D eigenvalue weighted by atomic mass is 10.3. The van der Waals surface area contributed by atoms with E-state index in [1.165, 1.54) is 24.4 Å². The van der Waals surface area contributed by atoms with Gasteiger partial charge >= 0.3 is 0 Å². The average Bonchev–Trinajstić information content (AvgIpc) is 2.55. The summed E-state index contributed by atoms with van der Waals surface area (Å²) in [5.41, 5.74) is 0.383. The van der Waals surface area contributed by atoms with Crippen molar-refractivity contribution in [2.75, 3.05) is 23.2 Å². The van der Waals surface area contributed by atoms with E-state index in [0.717, 1.165) is 25.2 Å². The molecule has 0 unspecified atom stereocenters. The van der Waals surface area contributed by atoms with E-state index in [1.807, 2.05) is 11.9 Å². The molecule has 8 heteroatoms. The van der Waals surface area contributed by atoms with Gasteiger partial charge in [-0.3, -0.25) is 4.72 Å². The zero-order chi connectivity index (χ0) is 17.7. The molecule has 0 saturated carbocycles. The van der Waals surface area contributed by atoms with Crippen LogP contribution in [-0.4, -0.2) is 27.0 Å². The molecular formula is C16H19Cl2N3O2S. The van der Waals surface area contributed by atoms with Crippen molar-refractivity contribution in [3.8, 4) is 0 Å². The van der Waals surface area contributed by atoms with Gasteiger partial charge in [0.25, 0.3) is 10.0 Å². The number of nitrogens with zero attached hydrogens (tertiary/aromatic N) is 2. The number of rotatable bonds is 7. The maximum absolute atomic E-state index is 12.4. The average molecular weight is 388 g/mol. The van der Waals surface area contributed by atoms with Crippen LogP contribution in [0.15, 0.2) is 41.4 Å². The molecule has 24 heavy (non-hydrogen) atoms. The van der Waals surface area contributed by atoms with Gasteiger partial charge in [-0.1, -0.05) is 36.5 Å². The van der Waals surface area contributed by atoms with Crippen LogP contribution in [0.2, 0.25) is 10.0 Å². The van der Waals surface area contributed by atoms with Crippen LogP contribution >= 0.6 is 23.2 Å². The summed E-state index contributed by atoms with van der Waals surface area (Å²) in [6.07, 6.45) is 3.67. The van der Waals surface area contributed by atoms with Crippen molar-refractivity contribution in [3.05, 3.63) is 46.6 Å². The quantitative estimate of drug-likeness (QED) is 0.763. The summed E-state index contributed by atoms with van der Waals surface area (Å²) in [6.45, 7) is 3.03. The zero-order valence-corrected chi connectivity index (χ0v) is 15.8. The first-order chi connectivity index (χ1) is 11.3. The van der Waals surface area contributed by atoms with E-state index in [-0.39, 0.29) is 9.92 Å². The number of halogens is 2. The molecule has 0 aliphatic rings. The second kappa shape index (κ2) is 8.05. The fraction of sp³-hybridized carbons (Fsp3) is 0.312. The molecule has 0 bridgehead atoms. The number of anilines is 2. The van der Waals surface area contributed by atoms with Gasteiger partial charge in [0.05, 0.1) is 26.8 Å². The Kier molecular flexibility index (Phi) is 6.32. The number of hydrogen-bond donors (Lipinski definition) is 1. The Morgan fingerprint density at radius 3 is 2.50 bits per heavy atom. The van der Waals surface area contributed by atoms with Crippen molar-refractivity contribution in [1.82, 2.24) is 4.98 Å². The van der Waals surface area contributed by atoms with E-state index >= 15 is 0 Å². The van der Waals surface area contributed by atoms with Crippen molar-refractivity contribution in [1.29, 1.82) is 0 Å². The largest absolute Gasteiger partial charge is 0.360 e. The third-order valence-electron chi connectivity index (χ3n) is 3.44. The molecule has 130 valence electrons. The summed E-state index contributed by atoms with van der Waals surface area (Å²) in [5, 5.41) is 0.488. The molecule has 0 aliphatic heterocycles. The van der Waals surface area contributed by atoms with Crippen molar-refractivity contribution >= 4 is 44.7 Å². The van der Waals surface area contributed by atoms with E-state index in [4.69, 9.17) is 23.2 Å². The van der Waals surface area contributed by atoms with Crippen LogP contribution in [0.5, 0.6) is 0 Å². The summed E-state index contributed by atoms with van der Waals surface area (Å²) in [7, 11) is -1.79. The van der Waals surface area contributed by atoms with Crippen LogP contribution in [-0.2, 0) is 10.0 Å². The number of unbranched alkanes of at least 4 members (excludes halogenated alkanes) is 1. The number of aromatic nitrogens is 1. The van der Waals surface area contributed by atoms with Gasteiger partial charge in [0.15, 0.2) is 0 Å². The van der Waals surface area contributed by atoms with Gasteiger partial charge < -0.3 is 4.90 Å². The molecule has 1 heterocycles. The molecule has 0 radical (unpaired) electrons. The normalized spacial score (nSPS) is 11.3. The summed E-state index contributed by atoms with van der Waals surface area (Å²) in [5.74, 6) is 0.793. The highest BCUT2D eigenvalue weighted by molar-refractivity contribution is 7.92. The molecule has 0 aliphatic carbocycles. The molecule has 1 aromatic heterocycles. The van der Waals surface area contributed by atoms with Gasteiger partial charge in [0, 0.05) is 13.6 Å². The Balaban J connectivity index is 2.13. The molecule has 0 amide bonds. The van der Waals surface area contributed by atoms with Crippen LogP contribution in [0.4, 0.5) is 11.5 Å². The topological polar surface area (TPSA) is 62.3 Å². The van der Waals surface area contributed by atoms with E-state index < -0.39 is 10.0 Å². The number of benzene rings is 1. The maximum atomic E-state index is 12.4. The van der Waals surface area contributed by atoms with Crippen LogP contribution in [0.25, 0.3) is 0 Å². The van der Waals surface area contributed by atoms with E-state index in [2.05, 4.69) is 16.6 Å². The van der Waals surface area contributed by atoms with Gasteiger partial charge in [-0.25, -0.2) is 13.4 Å². The van der Waals surface area contributed by atoms with E-state index in [1.54, 1.807) is 12.1 Å². The van der Waals surface area contributed by atoms with Crippen LogP contribution < -0.4 is 9.62 Å². The van der Waals surface area contributed by atoms with Crippen LogP contribution in [0, 0.1) is 0 Å². The van der Waals surface area contributed by atoms with Crippen molar-refractivity contribution in [2.24, 2.45) is 0 Å². The monoisotopic (exact) mass is 387 g/mol. The fourth-order valence-electron chi connectivity index (χ4n) is 2.04. The lowest BCUT2D eigenvalue weighted by Crippen LogP contribution is -2.19. The smallest absolute Gasteiger partial charge is 0.261 e. The molecular weight excluding hydrogens is 369 g/mol. The molecule has 0 fully saturated rings. The van der Waals surface area contributed by atoms with Crippen molar-refractivity contribution in [2.45, 2.75) is 24.7 Å². The highest BCUT2D eigenvalue weighted by Gasteiger charge is 2.16.